The summed E-state index contributed by atoms with van der Waals surface area (Å²) in [5.74, 6) is 0.842. The Balaban J connectivity index is 1.24. The van der Waals surface area contributed by atoms with E-state index in [0.717, 1.165) is 26.9 Å². The molecule has 0 atom stereocenters. The van der Waals surface area contributed by atoms with Gasteiger partial charge in [-0.05, 0) is 66.2 Å². The number of hydrogen-bond acceptors (Lipinski definition) is 5. The highest BCUT2D eigenvalue weighted by atomic mass is 79.9. The van der Waals surface area contributed by atoms with Crippen molar-refractivity contribution in [2.24, 2.45) is 0 Å². The lowest BCUT2D eigenvalue weighted by molar-refractivity contribution is -0.115. The second kappa shape index (κ2) is 9.22. The van der Waals surface area contributed by atoms with Crippen molar-refractivity contribution in [1.29, 1.82) is 0 Å². The van der Waals surface area contributed by atoms with Gasteiger partial charge in [0.1, 0.15) is 0 Å². The summed E-state index contributed by atoms with van der Waals surface area (Å²) in [4.78, 5) is 20.9. The van der Waals surface area contributed by atoms with Crippen LogP contribution in [0.2, 0.25) is 0 Å². The molecule has 0 spiro atoms. The van der Waals surface area contributed by atoms with Crippen molar-refractivity contribution in [3.8, 4) is 28.5 Å². The number of benzene rings is 3. The first-order valence-electron chi connectivity index (χ1n) is 10.2. The first-order valence-corrected chi connectivity index (χ1v) is 11.0. The van der Waals surface area contributed by atoms with Gasteiger partial charge in [-0.3, -0.25) is 4.79 Å². The zero-order valence-corrected chi connectivity index (χ0v) is 18.9. The number of anilines is 1. The number of aromatic nitrogens is 4. The number of halogens is 1. The monoisotopic (exact) mass is 499 g/mol. The molecule has 0 saturated carbocycles. The van der Waals surface area contributed by atoms with E-state index in [1.165, 1.54) is 0 Å². The van der Waals surface area contributed by atoms with E-state index in [1.807, 2.05) is 83.6 Å². The van der Waals surface area contributed by atoms with Gasteiger partial charge in [0.25, 0.3) is 5.89 Å². The van der Waals surface area contributed by atoms with Crippen molar-refractivity contribution in [1.82, 2.24) is 19.7 Å². The number of carbonyl (C=O) groups excluding carboxylic acids is 1. The predicted molar refractivity (Wildman–Crippen MR) is 129 cm³/mol. The first-order chi connectivity index (χ1) is 16.1. The molecular formula is C25H18BrN5O2. The highest BCUT2D eigenvalue weighted by Gasteiger charge is 2.11. The van der Waals surface area contributed by atoms with E-state index >= 15 is 0 Å². The second-order valence-electron chi connectivity index (χ2n) is 7.37. The Morgan fingerprint density at radius 1 is 0.939 bits per heavy atom. The van der Waals surface area contributed by atoms with Crippen LogP contribution < -0.4 is 5.32 Å². The van der Waals surface area contributed by atoms with Gasteiger partial charge in [0.05, 0.1) is 12.7 Å². The molecule has 33 heavy (non-hydrogen) atoms. The SMILES string of the molecule is O=C(Cc1ccc(Br)cc1)Nc1ccc(-c2nc(-c3ccc(-n4ccnc4)cc3)no2)cc1. The maximum Gasteiger partial charge on any atom is 0.258 e. The minimum atomic E-state index is -0.0794. The maximum absolute atomic E-state index is 12.3. The molecule has 0 fully saturated rings. The van der Waals surface area contributed by atoms with E-state index in [0.29, 0.717) is 23.8 Å². The molecule has 162 valence electrons. The molecule has 8 heteroatoms. The lowest BCUT2D eigenvalue weighted by Crippen LogP contribution is -2.14. The van der Waals surface area contributed by atoms with Crippen molar-refractivity contribution in [3.05, 3.63) is 102 Å². The number of carbonyl (C=O) groups is 1. The highest BCUT2D eigenvalue weighted by Crippen LogP contribution is 2.24. The van der Waals surface area contributed by atoms with Gasteiger partial charge in [0, 0.05) is 39.4 Å². The molecule has 2 heterocycles. The fraction of sp³-hybridized carbons (Fsp3) is 0.0400. The van der Waals surface area contributed by atoms with Crippen LogP contribution in [0.5, 0.6) is 0 Å². The van der Waals surface area contributed by atoms with Crippen LogP contribution in [0.4, 0.5) is 5.69 Å². The third-order valence-corrected chi connectivity index (χ3v) is 5.58. The summed E-state index contributed by atoms with van der Waals surface area (Å²) >= 11 is 3.40. The van der Waals surface area contributed by atoms with Crippen LogP contribution in [-0.4, -0.2) is 25.6 Å². The van der Waals surface area contributed by atoms with Gasteiger partial charge in [0.15, 0.2) is 0 Å². The average molecular weight is 500 g/mol. The number of imidazole rings is 1. The second-order valence-corrected chi connectivity index (χ2v) is 8.28. The van der Waals surface area contributed by atoms with E-state index in [-0.39, 0.29) is 5.91 Å². The van der Waals surface area contributed by atoms with Crippen molar-refractivity contribution in [2.45, 2.75) is 6.42 Å². The molecule has 0 aliphatic rings. The van der Waals surface area contributed by atoms with E-state index in [4.69, 9.17) is 4.52 Å². The fourth-order valence-corrected chi connectivity index (χ4v) is 3.61. The Labute approximate surface area is 198 Å². The van der Waals surface area contributed by atoms with Crippen LogP contribution in [0.25, 0.3) is 28.5 Å². The number of hydrogen-bond donors (Lipinski definition) is 1. The summed E-state index contributed by atoms with van der Waals surface area (Å²) in [7, 11) is 0. The molecule has 7 nitrogen and oxygen atoms in total. The molecular weight excluding hydrogens is 482 g/mol. The molecule has 3 aromatic carbocycles. The van der Waals surface area contributed by atoms with Gasteiger partial charge < -0.3 is 14.4 Å². The molecule has 0 radical (unpaired) electrons. The molecule has 0 bridgehead atoms. The summed E-state index contributed by atoms with van der Waals surface area (Å²) < 4.78 is 8.36. The molecule has 0 saturated heterocycles. The molecule has 0 unspecified atom stereocenters. The van der Waals surface area contributed by atoms with E-state index in [2.05, 4.69) is 36.4 Å². The van der Waals surface area contributed by atoms with Gasteiger partial charge >= 0.3 is 0 Å². The quantitative estimate of drug-likeness (QED) is 0.331. The largest absolute Gasteiger partial charge is 0.334 e. The highest BCUT2D eigenvalue weighted by molar-refractivity contribution is 9.10. The van der Waals surface area contributed by atoms with Crippen LogP contribution in [0.1, 0.15) is 5.56 Å². The molecule has 0 aliphatic carbocycles. The summed E-state index contributed by atoms with van der Waals surface area (Å²) in [5.41, 5.74) is 4.28. The van der Waals surface area contributed by atoms with Crippen LogP contribution in [0.3, 0.4) is 0 Å². The van der Waals surface area contributed by atoms with Crippen LogP contribution in [-0.2, 0) is 11.2 Å². The van der Waals surface area contributed by atoms with Crippen molar-refractivity contribution in [2.75, 3.05) is 5.32 Å². The Kier molecular flexibility index (Phi) is 5.82. The standard InChI is InChI=1S/C25H18BrN5O2/c26-20-7-1-17(2-8-20)15-23(32)28-21-9-3-19(4-10-21)25-29-24(30-33-25)18-5-11-22(12-6-18)31-14-13-27-16-31/h1-14,16H,15H2,(H,28,32). The number of rotatable bonds is 6. The van der Waals surface area contributed by atoms with Gasteiger partial charge in [-0.25, -0.2) is 4.98 Å². The van der Waals surface area contributed by atoms with Crippen LogP contribution in [0.15, 0.2) is 101 Å². The number of nitrogens with zero attached hydrogens (tertiary/aromatic N) is 4. The molecule has 1 amide bonds. The minimum Gasteiger partial charge on any atom is -0.334 e. The Morgan fingerprint density at radius 2 is 1.67 bits per heavy atom. The zero-order chi connectivity index (χ0) is 22.6. The van der Waals surface area contributed by atoms with E-state index < -0.39 is 0 Å². The van der Waals surface area contributed by atoms with E-state index in [9.17, 15) is 4.79 Å². The Morgan fingerprint density at radius 3 is 2.36 bits per heavy atom. The minimum absolute atomic E-state index is 0.0794. The molecule has 5 rings (SSSR count). The molecule has 2 aromatic heterocycles. The third kappa shape index (κ3) is 4.91. The number of amides is 1. The molecule has 0 aliphatic heterocycles. The summed E-state index contributed by atoms with van der Waals surface area (Å²) in [6.07, 6.45) is 5.67. The van der Waals surface area contributed by atoms with E-state index in [1.54, 1.807) is 12.5 Å². The summed E-state index contributed by atoms with van der Waals surface area (Å²) in [5, 5.41) is 7.01. The van der Waals surface area contributed by atoms with Crippen molar-refractivity contribution in [3.63, 3.8) is 0 Å². The van der Waals surface area contributed by atoms with Crippen molar-refractivity contribution >= 4 is 27.5 Å². The van der Waals surface area contributed by atoms with Crippen LogP contribution in [0, 0.1) is 0 Å². The average Bonchev–Trinajstić information content (AvgIpc) is 3.54. The predicted octanol–water partition coefficient (Wildman–Crippen LogP) is 5.53. The summed E-state index contributed by atoms with van der Waals surface area (Å²) in [6.45, 7) is 0. The summed E-state index contributed by atoms with van der Waals surface area (Å²) in [6, 6.07) is 22.8. The zero-order valence-electron chi connectivity index (χ0n) is 17.4. The normalized spacial score (nSPS) is 10.8. The van der Waals surface area contributed by atoms with Gasteiger partial charge in [-0.1, -0.05) is 33.2 Å². The number of nitrogens with one attached hydrogen (secondary N) is 1. The van der Waals surface area contributed by atoms with Gasteiger partial charge in [-0.2, -0.15) is 4.98 Å². The van der Waals surface area contributed by atoms with Crippen LogP contribution >= 0.6 is 15.9 Å². The topological polar surface area (TPSA) is 85.8 Å². The van der Waals surface area contributed by atoms with Gasteiger partial charge in [0.2, 0.25) is 11.7 Å². The molecule has 1 N–H and O–H groups in total. The lowest BCUT2D eigenvalue weighted by atomic mass is 10.1. The molecule has 5 aromatic rings. The maximum atomic E-state index is 12.3. The van der Waals surface area contributed by atoms with Gasteiger partial charge in [-0.15, -0.1) is 0 Å². The Hall–Kier alpha value is -4.04. The lowest BCUT2D eigenvalue weighted by Gasteiger charge is -2.06. The third-order valence-electron chi connectivity index (χ3n) is 5.05. The van der Waals surface area contributed by atoms with Crippen molar-refractivity contribution < 1.29 is 9.32 Å². The fourth-order valence-electron chi connectivity index (χ4n) is 3.34. The first kappa shape index (κ1) is 20.8. The smallest absolute Gasteiger partial charge is 0.258 e. The Bertz CT molecular complexity index is 1360.